The van der Waals surface area contributed by atoms with Gasteiger partial charge in [0.2, 0.25) is 5.91 Å². The van der Waals surface area contributed by atoms with Gasteiger partial charge in [-0.25, -0.2) is 0 Å². The summed E-state index contributed by atoms with van der Waals surface area (Å²) in [5, 5.41) is 0. The van der Waals surface area contributed by atoms with E-state index in [0.717, 1.165) is 95.5 Å². The van der Waals surface area contributed by atoms with Crippen LogP contribution in [0.1, 0.15) is 52.6 Å². The number of fused-ring (bicyclic) bond motifs is 6. The van der Waals surface area contributed by atoms with Gasteiger partial charge < -0.3 is 43.1 Å². The number of carbonyl (C=O) groups is 1. The first-order valence-electron chi connectivity index (χ1n) is 19.5. The van der Waals surface area contributed by atoms with E-state index in [0.29, 0.717) is 12.3 Å². The molecule has 3 aliphatic heterocycles. The summed E-state index contributed by atoms with van der Waals surface area (Å²) in [6.07, 6.45) is 11.7. The topological polar surface area (TPSA) is 82.2 Å². The molecule has 3 aromatic rings. The zero-order chi connectivity index (χ0) is 39.0. The molecule has 294 valence electrons. The van der Waals surface area contributed by atoms with E-state index < -0.39 is 0 Å². The van der Waals surface area contributed by atoms with E-state index in [-0.39, 0.29) is 11.8 Å². The molecule has 0 bridgehead atoms. The third-order valence-corrected chi connectivity index (χ3v) is 12.8. The normalized spacial score (nSPS) is 22.8. The highest BCUT2D eigenvalue weighted by molar-refractivity contribution is 5.85. The summed E-state index contributed by atoms with van der Waals surface area (Å²) in [6, 6.07) is 13.0. The molecular formula is C45H57N3O7. The number of rotatable bonds is 6. The largest absolute Gasteiger partial charge is 0.493 e. The molecule has 55 heavy (non-hydrogen) atoms. The van der Waals surface area contributed by atoms with Crippen molar-refractivity contribution in [2.45, 2.75) is 51.0 Å². The Morgan fingerprint density at radius 1 is 0.545 bits per heavy atom. The number of methoxy groups -OCH3 is 6. The molecule has 6 aliphatic rings. The summed E-state index contributed by atoms with van der Waals surface area (Å²) in [4.78, 5) is 18.4. The molecule has 3 saturated heterocycles. The van der Waals surface area contributed by atoms with Crippen molar-refractivity contribution in [3.63, 3.8) is 0 Å². The average molecular weight is 752 g/mol. The zero-order valence-corrected chi connectivity index (χ0v) is 34.0. The van der Waals surface area contributed by atoms with Crippen LogP contribution >= 0.6 is 0 Å². The van der Waals surface area contributed by atoms with E-state index in [1.807, 2.05) is 31.3 Å². The standard InChI is InChI=1S/C15H17NO3.C15H21NO2.C15H19NO2/c1-16-12-7-9-4-5-13(18-2)15(19-3)11(9)6-10(12)8-14(16)17;2*1-16-7-6-11-8-12-10(9-13(11)16)4-5-14(17-2)15(12)18-3/h4-5,7,10H,6,8H2,1-3H3;4-5,11,13H,6-9H2,1-3H3;4-5,9,11H,6-8H2,1-3H3/t;11-,13?;11-/m.11/s1. The van der Waals surface area contributed by atoms with Crippen molar-refractivity contribution in [3.8, 4) is 34.5 Å². The van der Waals surface area contributed by atoms with Gasteiger partial charge in [-0.05, 0) is 105 Å². The Balaban J connectivity index is 0.000000127. The fraction of sp³-hybridized carbons (Fsp3) is 0.489. The Labute approximate surface area is 326 Å². The van der Waals surface area contributed by atoms with Crippen LogP contribution in [0.5, 0.6) is 34.5 Å². The van der Waals surface area contributed by atoms with Crippen molar-refractivity contribution in [1.82, 2.24) is 14.7 Å². The Morgan fingerprint density at radius 3 is 1.67 bits per heavy atom. The molecule has 2 unspecified atom stereocenters. The van der Waals surface area contributed by atoms with Crippen LogP contribution in [0, 0.1) is 17.8 Å². The molecule has 3 fully saturated rings. The van der Waals surface area contributed by atoms with Gasteiger partial charge in [-0.1, -0.05) is 18.2 Å². The van der Waals surface area contributed by atoms with Gasteiger partial charge in [0.15, 0.2) is 34.5 Å². The van der Waals surface area contributed by atoms with Gasteiger partial charge in [0.05, 0.1) is 42.7 Å². The summed E-state index contributed by atoms with van der Waals surface area (Å²) in [6.45, 7) is 2.38. The SMILES string of the molecule is COc1ccc2c(c1OC)CC1CC(=O)N(C)C1=C2.COc1ccc2c(c1OC)C[C@H]1CCN(C)C1=C2.COc1ccc2c(c1OC)C[C@H]1CCN(C)C1C2. The lowest BCUT2D eigenvalue weighted by Gasteiger charge is -2.32. The van der Waals surface area contributed by atoms with Crippen LogP contribution in [-0.4, -0.2) is 104 Å². The van der Waals surface area contributed by atoms with Crippen molar-refractivity contribution in [3.05, 3.63) is 81.2 Å². The molecule has 0 aromatic heterocycles. The van der Waals surface area contributed by atoms with Gasteiger partial charge in [-0.2, -0.15) is 0 Å². The molecule has 3 aliphatic carbocycles. The van der Waals surface area contributed by atoms with Crippen LogP contribution in [0.25, 0.3) is 12.2 Å². The van der Waals surface area contributed by atoms with E-state index in [2.05, 4.69) is 48.2 Å². The van der Waals surface area contributed by atoms with Crippen LogP contribution in [-0.2, 0) is 30.5 Å². The number of amides is 1. The van der Waals surface area contributed by atoms with Crippen molar-refractivity contribution in [2.75, 3.05) is 76.9 Å². The van der Waals surface area contributed by atoms with Crippen LogP contribution < -0.4 is 28.4 Å². The summed E-state index contributed by atoms with van der Waals surface area (Å²) < 4.78 is 32.7. The van der Waals surface area contributed by atoms with E-state index in [1.54, 1.807) is 47.6 Å². The average Bonchev–Trinajstić information content (AvgIpc) is 3.86. The quantitative estimate of drug-likeness (QED) is 0.272. The second-order valence-electron chi connectivity index (χ2n) is 15.5. The third-order valence-electron chi connectivity index (χ3n) is 12.8. The number of allylic oxidation sites excluding steroid dienone is 2. The van der Waals surface area contributed by atoms with Crippen LogP contribution in [0.3, 0.4) is 0 Å². The first-order chi connectivity index (χ1) is 26.6. The monoisotopic (exact) mass is 751 g/mol. The lowest BCUT2D eigenvalue weighted by molar-refractivity contribution is -0.125. The summed E-state index contributed by atoms with van der Waals surface area (Å²) in [7, 11) is 16.4. The first kappa shape index (κ1) is 38.4. The molecule has 3 aromatic carbocycles. The molecule has 3 heterocycles. The van der Waals surface area contributed by atoms with Crippen molar-refractivity contribution in [1.29, 1.82) is 0 Å². The maximum atomic E-state index is 11.8. The maximum Gasteiger partial charge on any atom is 0.227 e. The molecule has 1 amide bonds. The van der Waals surface area contributed by atoms with Crippen molar-refractivity contribution >= 4 is 18.1 Å². The van der Waals surface area contributed by atoms with Gasteiger partial charge in [0, 0.05) is 73.0 Å². The lowest BCUT2D eigenvalue weighted by Crippen LogP contribution is -2.35. The van der Waals surface area contributed by atoms with Crippen LogP contribution in [0.15, 0.2) is 47.8 Å². The molecular weight excluding hydrogens is 695 g/mol. The van der Waals surface area contributed by atoms with Gasteiger partial charge in [-0.15, -0.1) is 0 Å². The predicted molar refractivity (Wildman–Crippen MR) is 216 cm³/mol. The Hall–Kier alpha value is -4.83. The highest BCUT2D eigenvalue weighted by Gasteiger charge is 2.38. The molecule has 9 rings (SSSR count). The minimum Gasteiger partial charge on any atom is -0.493 e. The second-order valence-corrected chi connectivity index (χ2v) is 15.5. The number of likely N-dealkylation sites (N-methyl/N-ethyl adjacent to an activating group) is 1. The highest BCUT2D eigenvalue weighted by atomic mass is 16.5. The first-order valence-corrected chi connectivity index (χ1v) is 19.5. The Kier molecular flexibility index (Phi) is 11.3. The summed E-state index contributed by atoms with van der Waals surface area (Å²) in [5.41, 5.74) is 10.2. The second kappa shape index (κ2) is 16.1. The number of carbonyl (C=O) groups excluding carboxylic acids is 1. The Morgan fingerprint density at radius 2 is 1.09 bits per heavy atom. The predicted octanol–water partition coefficient (Wildman–Crippen LogP) is 6.75. The van der Waals surface area contributed by atoms with E-state index in [4.69, 9.17) is 28.4 Å². The maximum absolute atomic E-state index is 11.8. The molecule has 0 saturated carbocycles. The lowest BCUT2D eigenvalue weighted by atomic mass is 9.80. The smallest absolute Gasteiger partial charge is 0.227 e. The number of likely N-dealkylation sites (tertiary alicyclic amines) is 3. The highest BCUT2D eigenvalue weighted by Crippen LogP contribution is 2.46. The minimum absolute atomic E-state index is 0.190. The van der Waals surface area contributed by atoms with Gasteiger partial charge in [-0.3, -0.25) is 4.79 Å². The molecule has 4 atom stereocenters. The van der Waals surface area contributed by atoms with Crippen molar-refractivity contribution in [2.24, 2.45) is 17.8 Å². The van der Waals surface area contributed by atoms with Gasteiger partial charge in [0.25, 0.3) is 0 Å². The molecule has 0 N–H and O–H groups in total. The van der Waals surface area contributed by atoms with E-state index in [9.17, 15) is 4.79 Å². The third kappa shape index (κ3) is 7.10. The zero-order valence-electron chi connectivity index (χ0n) is 34.0. The number of benzene rings is 3. The minimum atomic E-state index is 0.190. The molecule has 0 radical (unpaired) electrons. The van der Waals surface area contributed by atoms with Crippen LogP contribution in [0.4, 0.5) is 0 Å². The Bertz CT molecular complexity index is 1990. The number of nitrogens with zero attached hydrogens (tertiary/aromatic N) is 3. The summed E-state index contributed by atoms with van der Waals surface area (Å²) in [5.74, 6) is 6.96. The van der Waals surface area contributed by atoms with Crippen molar-refractivity contribution < 1.29 is 33.2 Å². The fourth-order valence-corrected chi connectivity index (χ4v) is 9.73. The van der Waals surface area contributed by atoms with Gasteiger partial charge in [0.1, 0.15) is 0 Å². The number of hydrogen-bond donors (Lipinski definition) is 0. The molecule has 10 nitrogen and oxygen atoms in total. The van der Waals surface area contributed by atoms with Gasteiger partial charge >= 0.3 is 0 Å². The number of ether oxygens (including phenoxy) is 6. The molecule has 0 spiro atoms. The van der Waals surface area contributed by atoms with E-state index in [1.165, 1.54) is 47.3 Å². The van der Waals surface area contributed by atoms with E-state index >= 15 is 0 Å². The summed E-state index contributed by atoms with van der Waals surface area (Å²) >= 11 is 0. The number of hydrogen-bond acceptors (Lipinski definition) is 9. The van der Waals surface area contributed by atoms with Crippen LogP contribution in [0.2, 0.25) is 0 Å². The fourth-order valence-electron chi connectivity index (χ4n) is 9.73. The molecule has 10 heteroatoms.